The fraction of sp³-hybridized carbons (Fsp3) is 0.172. The van der Waals surface area contributed by atoms with E-state index in [4.69, 9.17) is 21.1 Å². The maximum atomic E-state index is 13.4. The number of halogens is 1. The highest BCUT2D eigenvalue weighted by Gasteiger charge is 2.46. The lowest BCUT2D eigenvalue weighted by Crippen LogP contribution is -2.31. The molecule has 3 N–H and O–H groups in total. The summed E-state index contributed by atoms with van der Waals surface area (Å²) in [6, 6.07) is 16.1. The maximum absolute atomic E-state index is 13.4. The van der Waals surface area contributed by atoms with Crippen molar-refractivity contribution in [2.24, 2.45) is 0 Å². The monoisotopic (exact) mass is 532 g/mol. The predicted molar refractivity (Wildman–Crippen MR) is 144 cm³/mol. The lowest BCUT2D eigenvalue weighted by atomic mass is 9.94. The van der Waals surface area contributed by atoms with Gasteiger partial charge >= 0.3 is 0 Å². The molecule has 0 radical (unpaired) electrons. The van der Waals surface area contributed by atoms with Crippen LogP contribution in [0.1, 0.15) is 22.7 Å². The van der Waals surface area contributed by atoms with Crippen molar-refractivity contribution in [1.29, 1.82) is 0 Å². The van der Waals surface area contributed by atoms with E-state index in [0.717, 1.165) is 16.5 Å². The largest absolute Gasteiger partial charge is 0.508 e. The second kappa shape index (κ2) is 10.1. The molecule has 0 aliphatic carbocycles. The molecular formula is C29H25ClN2O6. The van der Waals surface area contributed by atoms with Gasteiger partial charge in [-0.1, -0.05) is 41.9 Å². The molecule has 1 amide bonds. The van der Waals surface area contributed by atoms with Crippen LogP contribution in [0.25, 0.3) is 16.7 Å². The third kappa shape index (κ3) is 4.33. The average Bonchev–Trinajstić information content (AvgIpc) is 3.45. The summed E-state index contributed by atoms with van der Waals surface area (Å²) in [7, 11) is 2.84. The highest BCUT2D eigenvalue weighted by atomic mass is 35.5. The minimum atomic E-state index is -0.896. The van der Waals surface area contributed by atoms with Gasteiger partial charge in [0.1, 0.15) is 23.0 Å². The van der Waals surface area contributed by atoms with Crippen LogP contribution in [-0.2, 0) is 16.0 Å². The van der Waals surface area contributed by atoms with Crippen molar-refractivity contribution in [2.75, 3.05) is 20.8 Å². The highest BCUT2D eigenvalue weighted by Crippen LogP contribution is 2.43. The van der Waals surface area contributed by atoms with Crippen LogP contribution in [0.4, 0.5) is 0 Å². The molecule has 0 bridgehead atoms. The molecule has 9 heteroatoms. The van der Waals surface area contributed by atoms with Crippen LogP contribution in [0.3, 0.4) is 0 Å². The van der Waals surface area contributed by atoms with Crippen molar-refractivity contribution in [3.8, 4) is 17.2 Å². The Balaban J connectivity index is 1.62. The van der Waals surface area contributed by atoms with E-state index in [1.54, 1.807) is 12.1 Å². The second-order valence-electron chi connectivity index (χ2n) is 8.88. The van der Waals surface area contributed by atoms with Gasteiger partial charge in [0.2, 0.25) is 0 Å². The fourth-order valence-corrected chi connectivity index (χ4v) is 5.11. The summed E-state index contributed by atoms with van der Waals surface area (Å²) in [6.07, 6.45) is 2.37. The molecule has 8 nitrogen and oxygen atoms in total. The molecule has 4 aromatic rings. The quantitative estimate of drug-likeness (QED) is 0.171. The van der Waals surface area contributed by atoms with E-state index < -0.39 is 23.5 Å². The Kier molecular flexibility index (Phi) is 6.73. The van der Waals surface area contributed by atoms with Gasteiger partial charge in [0.25, 0.3) is 11.7 Å². The number of hydrogen-bond acceptors (Lipinski definition) is 6. The van der Waals surface area contributed by atoms with Crippen molar-refractivity contribution >= 4 is 40.0 Å². The number of aromatic nitrogens is 1. The number of nitrogens with zero attached hydrogens (tertiary/aromatic N) is 1. The Labute approximate surface area is 223 Å². The minimum Gasteiger partial charge on any atom is -0.508 e. The molecule has 38 heavy (non-hydrogen) atoms. The molecule has 5 rings (SSSR count). The summed E-state index contributed by atoms with van der Waals surface area (Å²) < 4.78 is 10.7. The molecular weight excluding hydrogens is 508 g/mol. The first-order valence-corrected chi connectivity index (χ1v) is 12.3. The van der Waals surface area contributed by atoms with E-state index in [2.05, 4.69) is 4.98 Å². The van der Waals surface area contributed by atoms with Crippen molar-refractivity contribution < 1.29 is 29.3 Å². The van der Waals surface area contributed by atoms with Crippen LogP contribution in [0.5, 0.6) is 17.2 Å². The lowest BCUT2D eigenvalue weighted by molar-refractivity contribution is -0.139. The number of carbonyl (C=O) groups is 2. The number of phenolic OH excluding ortho intramolecular Hbond substituents is 1. The Bertz CT molecular complexity index is 1570. The Morgan fingerprint density at radius 3 is 2.45 bits per heavy atom. The van der Waals surface area contributed by atoms with Gasteiger partial charge in [-0.05, 0) is 41.8 Å². The van der Waals surface area contributed by atoms with Crippen LogP contribution < -0.4 is 9.47 Å². The SMILES string of the molecule is COc1cc(/C(O)=C2\C(=O)C(=O)N(CCc3c[nH]c4ccccc34)C2c2ccc(O)cc2)c(OC)cc1Cl. The average molecular weight is 533 g/mol. The number of fused-ring (bicyclic) bond motifs is 1. The van der Waals surface area contributed by atoms with Crippen LogP contribution in [0, 0.1) is 0 Å². The van der Waals surface area contributed by atoms with E-state index in [1.807, 2.05) is 30.5 Å². The van der Waals surface area contributed by atoms with Crippen molar-refractivity contribution in [3.05, 3.63) is 94.1 Å². The van der Waals surface area contributed by atoms with Crippen LogP contribution >= 0.6 is 11.6 Å². The van der Waals surface area contributed by atoms with Gasteiger partial charge in [0, 0.05) is 29.7 Å². The summed E-state index contributed by atoms with van der Waals surface area (Å²) >= 11 is 6.23. The molecule has 0 spiro atoms. The number of nitrogens with one attached hydrogen (secondary N) is 1. The maximum Gasteiger partial charge on any atom is 0.295 e. The number of ketones is 1. The summed E-state index contributed by atoms with van der Waals surface area (Å²) in [5.74, 6) is -1.46. The van der Waals surface area contributed by atoms with E-state index >= 15 is 0 Å². The normalized spacial score (nSPS) is 16.8. The summed E-state index contributed by atoms with van der Waals surface area (Å²) in [5.41, 5.74) is 2.59. The zero-order valence-corrected chi connectivity index (χ0v) is 21.5. The van der Waals surface area contributed by atoms with Crippen molar-refractivity contribution in [1.82, 2.24) is 9.88 Å². The molecule has 1 unspecified atom stereocenters. The number of hydrogen-bond donors (Lipinski definition) is 3. The van der Waals surface area contributed by atoms with Crippen LogP contribution in [0.2, 0.25) is 5.02 Å². The molecule has 1 saturated heterocycles. The van der Waals surface area contributed by atoms with E-state index in [-0.39, 0.29) is 40.0 Å². The number of aromatic amines is 1. The minimum absolute atomic E-state index is 0.0357. The van der Waals surface area contributed by atoms with Gasteiger partial charge in [-0.15, -0.1) is 0 Å². The number of amides is 1. The molecule has 2 heterocycles. The number of likely N-dealkylation sites (tertiary alicyclic amines) is 1. The molecule has 1 aliphatic heterocycles. The number of carbonyl (C=O) groups excluding carboxylic acids is 2. The molecule has 1 atom stereocenters. The standard InChI is InChI=1S/C29H25ClN2O6/c1-37-23-14-21(30)24(38-2)13-20(23)27(34)25-26(16-7-9-18(33)10-8-16)32(29(36)28(25)35)12-11-17-15-31-22-6-4-3-5-19(17)22/h3-10,13-15,26,31,33-34H,11-12H2,1-2H3/b27-25+. The van der Waals surface area contributed by atoms with Gasteiger partial charge in [-0.3, -0.25) is 9.59 Å². The molecule has 1 aliphatic rings. The van der Waals surface area contributed by atoms with Gasteiger partial charge in [0.05, 0.1) is 36.4 Å². The second-order valence-corrected chi connectivity index (χ2v) is 9.29. The first-order chi connectivity index (χ1) is 18.3. The number of rotatable bonds is 7. The summed E-state index contributed by atoms with van der Waals surface area (Å²) in [5, 5.41) is 22.6. The molecule has 3 aromatic carbocycles. The summed E-state index contributed by atoms with van der Waals surface area (Å²) in [4.78, 5) is 31.4. The zero-order valence-electron chi connectivity index (χ0n) is 20.7. The first-order valence-electron chi connectivity index (χ1n) is 11.9. The highest BCUT2D eigenvalue weighted by molar-refractivity contribution is 6.46. The number of aromatic hydroxyl groups is 1. The number of methoxy groups -OCH3 is 2. The first kappa shape index (κ1) is 25.2. The Morgan fingerprint density at radius 1 is 1.03 bits per heavy atom. The van der Waals surface area contributed by atoms with E-state index in [1.165, 1.54) is 43.4 Å². The van der Waals surface area contributed by atoms with Gasteiger partial charge in [-0.2, -0.15) is 0 Å². The lowest BCUT2D eigenvalue weighted by Gasteiger charge is -2.25. The predicted octanol–water partition coefficient (Wildman–Crippen LogP) is 5.21. The Hall–Kier alpha value is -4.43. The number of benzene rings is 3. The van der Waals surface area contributed by atoms with E-state index in [0.29, 0.717) is 12.0 Å². The zero-order chi connectivity index (χ0) is 27.0. The Morgan fingerprint density at radius 2 is 1.74 bits per heavy atom. The van der Waals surface area contributed by atoms with Gasteiger partial charge in [-0.25, -0.2) is 0 Å². The van der Waals surface area contributed by atoms with Crippen LogP contribution in [-0.4, -0.2) is 52.6 Å². The number of ether oxygens (including phenoxy) is 2. The number of H-pyrrole nitrogens is 1. The number of aliphatic hydroxyl groups is 1. The van der Waals surface area contributed by atoms with Crippen molar-refractivity contribution in [2.45, 2.75) is 12.5 Å². The van der Waals surface area contributed by atoms with E-state index in [9.17, 15) is 19.8 Å². The molecule has 0 saturated carbocycles. The molecule has 1 aromatic heterocycles. The number of aliphatic hydroxyl groups excluding tert-OH is 1. The smallest absolute Gasteiger partial charge is 0.295 e. The third-order valence-electron chi connectivity index (χ3n) is 6.77. The number of phenols is 1. The number of Topliss-reactive ketones (excluding diaryl/α,β-unsaturated/α-hetero) is 1. The van der Waals surface area contributed by atoms with Gasteiger partial charge < -0.3 is 29.6 Å². The fourth-order valence-electron chi connectivity index (χ4n) is 4.88. The topological polar surface area (TPSA) is 112 Å². The van der Waals surface area contributed by atoms with Crippen LogP contribution in [0.15, 0.2) is 72.4 Å². The summed E-state index contributed by atoms with van der Waals surface area (Å²) in [6.45, 7) is 0.218. The van der Waals surface area contributed by atoms with Gasteiger partial charge in [0.15, 0.2) is 0 Å². The third-order valence-corrected chi connectivity index (χ3v) is 7.07. The molecule has 1 fully saturated rings. The van der Waals surface area contributed by atoms with Crippen molar-refractivity contribution in [3.63, 3.8) is 0 Å². The molecule has 194 valence electrons. The number of para-hydroxylation sites is 1.